The van der Waals surface area contributed by atoms with Crippen LogP contribution in [0.5, 0.6) is 0 Å². The standard InChI is InChI=1S/C3H5N.C3H6.3C2H6/c1-3-4-2;1-3-2;3*1-2/h3H,1-2H2;3H,1H2,2H3;3*1-2H3. The second-order valence-electron chi connectivity index (χ2n) is 0.773. The lowest BCUT2D eigenvalue weighted by molar-refractivity contribution is 1.50. The molecule has 0 saturated carbocycles. The molecule has 0 unspecified atom stereocenters. The summed E-state index contributed by atoms with van der Waals surface area (Å²) in [6.45, 7) is 23.6. The summed E-state index contributed by atoms with van der Waals surface area (Å²) < 4.78 is 0. The van der Waals surface area contributed by atoms with Gasteiger partial charge in [0.05, 0.1) is 0 Å². The minimum Gasteiger partial charge on any atom is -0.273 e. The Morgan fingerprint density at radius 2 is 0.923 bits per heavy atom. The van der Waals surface area contributed by atoms with E-state index in [1.165, 1.54) is 6.20 Å². The summed E-state index contributed by atoms with van der Waals surface area (Å²) in [5.74, 6) is 0. The van der Waals surface area contributed by atoms with Gasteiger partial charge in [-0.05, 0) is 13.6 Å². The summed E-state index contributed by atoms with van der Waals surface area (Å²) in [4.78, 5) is 3.25. The van der Waals surface area contributed by atoms with Crippen molar-refractivity contribution in [1.82, 2.24) is 0 Å². The van der Waals surface area contributed by atoms with E-state index in [1.807, 2.05) is 48.5 Å². The van der Waals surface area contributed by atoms with Crippen molar-refractivity contribution < 1.29 is 0 Å². The lowest BCUT2D eigenvalue weighted by Crippen LogP contribution is -1.26. The predicted octanol–water partition coefficient (Wildman–Crippen LogP) is 5.10. The topological polar surface area (TPSA) is 12.4 Å². The first-order chi connectivity index (χ1) is 6.33. The number of allylic oxidation sites excluding steroid dienone is 1. The maximum absolute atomic E-state index is 3.36. The molecule has 0 heterocycles. The van der Waals surface area contributed by atoms with Gasteiger partial charge < -0.3 is 0 Å². The average molecular weight is 187 g/mol. The SMILES string of the molecule is C=CC.C=CN=C.CC.CC.CC. The molecule has 0 aromatic carbocycles. The van der Waals surface area contributed by atoms with E-state index in [9.17, 15) is 0 Å². The lowest BCUT2D eigenvalue weighted by atomic mass is 10.8. The minimum absolute atomic E-state index is 1.39. The van der Waals surface area contributed by atoms with Crippen molar-refractivity contribution in [2.45, 2.75) is 48.5 Å². The number of aliphatic imine (C=N–C) groups is 1. The van der Waals surface area contributed by atoms with Crippen LogP contribution >= 0.6 is 0 Å². The molecular weight excluding hydrogens is 158 g/mol. The van der Waals surface area contributed by atoms with E-state index in [4.69, 9.17) is 0 Å². The van der Waals surface area contributed by atoms with Gasteiger partial charge in [-0.15, -0.1) is 6.58 Å². The zero-order valence-electron chi connectivity index (χ0n) is 10.7. The van der Waals surface area contributed by atoms with Crippen molar-refractivity contribution in [2.24, 2.45) is 4.99 Å². The van der Waals surface area contributed by atoms with Crippen LogP contribution < -0.4 is 0 Å². The van der Waals surface area contributed by atoms with Crippen molar-refractivity contribution in [3.8, 4) is 0 Å². The first kappa shape index (κ1) is 29.5. The third-order valence-corrected chi connectivity index (χ3v) is 0.129. The third kappa shape index (κ3) is 41500. The van der Waals surface area contributed by atoms with E-state index >= 15 is 0 Å². The summed E-state index contributed by atoms with van der Waals surface area (Å²) in [7, 11) is 0. The number of rotatable bonds is 1. The molecule has 0 aliphatic heterocycles. The molecule has 0 aliphatic rings. The largest absolute Gasteiger partial charge is 0.273 e. The van der Waals surface area contributed by atoms with Crippen LogP contribution in [0.15, 0.2) is 30.4 Å². The molecule has 82 valence electrons. The van der Waals surface area contributed by atoms with Gasteiger partial charge in [-0.3, -0.25) is 4.99 Å². The monoisotopic (exact) mass is 187 g/mol. The lowest BCUT2D eigenvalue weighted by Gasteiger charge is -1.48. The van der Waals surface area contributed by atoms with E-state index in [0.29, 0.717) is 0 Å². The maximum atomic E-state index is 3.36. The van der Waals surface area contributed by atoms with Gasteiger partial charge in [-0.25, -0.2) is 0 Å². The van der Waals surface area contributed by atoms with Crippen LogP contribution in [0.25, 0.3) is 0 Å². The number of nitrogens with zero attached hydrogens (tertiary/aromatic N) is 1. The van der Waals surface area contributed by atoms with E-state index in [-0.39, 0.29) is 0 Å². The van der Waals surface area contributed by atoms with Crippen molar-refractivity contribution in [2.75, 3.05) is 0 Å². The molecular formula is C12H29N. The smallest absolute Gasteiger partial charge is 0.0188 e. The quantitative estimate of drug-likeness (QED) is 0.400. The predicted molar refractivity (Wildman–Crippen MR) is 69.7 cm³/mol. The van der Waals surface area contributed by atoms with E-state index in [0.717, 1.165) is 0 Å². The molecule has 0 aromatic rings. The summed E-state index contributed by atoms with van der Waals surface area (Å²) in [5.41, 5.74) is 0. The Bertz CT molecular complexity index is 50.1. The second-order valence-corrected chi connectivity index (χ2v) is 0.773. The summed E-state index contributed by atoms with van der Waals surface area (Å²) in [6.07, 6.45) is 3.14. The Balaban J connectivity index is -0.0000000215. The fourth-order valence-corrected chi connectivity index (χ4v) is 0. The Labute approximate surface area is 86.3 Å². The van der Waals surface area contributed by atoms with Crippen LogP contribution in [0.3, 0.4) is 0 Å². The highest BCUT2D eigenvalue weighted by Gasteiger charge is 1.27. The molecule has 0 N–H and O–H groups in total. The van der Waals surface area contributed by atoms with Crippen molar-refractivity contribution in [1.29, 1.82) is 0 Å². The molecule has 13 heavy (non-hydrogen) atoms. The maximum Gasteiger partial charge on any atom is 0.0188 e. The highest BCUT2D eigenvalue weighted by Crippen LogP contribution is 1.50. The molecule has 0 fully saturated rings. The minimum atomic E-state index is 1.39. The molecule has 1 nitrogen and oxygen atoms in total. The van der Waals surface area contributed by atoms with Crippen LogP contribution in [-0.4, -0.2) is 6.72 Å². The van der Waals surface area contributed by atoms with E-state index in [1.54, 1.807) is 6.08 Å². The average Bonchev–Trinajstić information content (AvgIpc) is 2.27. The van der Waals surface area contributed by atoms with Gasteiger partial charge in [-0.2, -0.15) is 0 Å². The Hall–Kier alpha value is -0.850. The molecule has 0 bridgehead atoms. The fourth-order valence-electron chi connectivity index (χ4n) is 0. The zero-order valence-corrected chi connectivity index (χ0v) is 10.7. The summed E-state index contributed by atoms with van der Waals surface area (Å²) >= 11 is 0. The van der Waals surface area contributed by atoms with Gasteiger partial charge in [0.1, 0.15) is 0 Å². The van der Waals surface area contributed by atoms with Gasteiger partial charge in [-0.1, -0.05) is 54.2 Å². The second kappa shape index (κ2) is 249. The highest BCUT2D eigenvalue weighted by molar-refractivity contribution is 5.24. The molecule has 0 aliphatic carbocycles. The first-order valence-electron chi connectivity index (χ1n) is 4.97. The Morgan fingerprint density at radius 1 is 0.846 bits per heavy atom. The van der Waals surface area contributed by atoms with Crippen LogP contribution in [0.1, 0.15) is 48.5 Å². The summed E-state index contributed by atoms with van der Waals surface area (Å²) in [5, 5.41) is 0. The fraction of sp³-hybridized carbons (Fsp3) is 0.583. The van der Waals surface area contributed by atoms with E-state index in [2.05, 4.69) is 24.9 Å². The number of hydrogen-bond donors (Lipinski definition) is 0. The first-order valence-corrected chi connectivity index (χ1v) is 4.97. The Kier molecular flexibility index (Phi) is 565. The molecule has 1 heteroatoms. The van der Waals surface area contributed by atoms with Crippen LogP contribution in [-0.2, 0) is 0 Å². The molecule has 0 atom stereocenters. The molecule has 0 aromatic heterocycles. The van der Waals surface area contributed by atoms with Gasteiger partial charge in [0.2, 0.25) is 0 Å². The molecule has 0 radical (unpaired) electrons. The van der Waals surface area contributed by atoms with Gasteiger partial charge in [0.15, 0.2) is 0 Å². The van der Waals surface area contributed by atoms with Gasteiger partial charge in [0.25, 0.3) is 0 Å². The van der Waals surface area contributed by atoms with Crippen LogP contribution in [0.2, 0.25) is 0 Å². The zero-order chi connectivity index (χ0) is 12.1. The third-order valence-electron chi connectivity index (χ3n) is 0.129. The Morgan fingerprint density at radius 3 is 0.923 bits per heavy atom. The molecule has 0 spiro atoms. The van der Waals surface area contributed by atoms with Crippen molar-refractivity contribution in [3.05, 3.63) is 25.4 Å². The molecule has 0 saturated heterocycles. The van der Waals surface area contributed by atoms with Crippen LogP contribution in [0, 0.1) is 0 Å². The summed E-state index contributed by atoms with van der Waals surface area (Å²) in [6, 6.07) is 0. The van der Waals surface area contributed by atoms with Gasteiger partial charge >= 0.3 is 0 Å². The number of hydrogen-bond acceptors (Lipinski definition) is 1. The van der Waals surface area contributed by atoms with Crippen LogP contribution in [0.4, 0.5) is 0 Å². The van der Waals surface area contributed by atoms with Crippen molar-refractivity contribution >= 4 is 6.72 Å². The molecule has 0 amide bonds. The van der Waals surface area contributed by atoms with Crippen molar-refractivity contribution in [3.63, 3.8) is 0 Å². The van der Waals surface area contributed by atoms with Gasteiger partial charge in [0, 0.05) is 6.20 Å². The normalized spacial score (nSPS) is 3.92. The highest BCUT2D eigenvalue weighted by atomic mass is 14.6. The molecule has 0 rings (SSSR count). The van der Waals surface area contributed by atoms with E-state index < -0.39 is 0 Å².